The number of hydrogen-bond acceptors (Lipinski definition) is 2. The molecule has 2 nitrogen and oxygen atoms in total. The number of likely N-dealkylation sites (N-methyl/N-ethyl adjacent to an activating group) is 1. The van der Waals surface area contributed by atoms with Crippen LogP contribution in [0.15, 0.2) is 0 Å². The summed E-state index contributed by atoms with van der Waals surface area (Å²) < 4.78 is 0. The number of rotatable bonds is 2. The maximum Gasteiger partial charge on any atom is 0.0266 e. The molecule has 0 spiro atoms. The summed E-state index contributed by atoms with van der Waals surface area (Å²) in [6.45, 7) is 8.65. The lowest BCUT2D eigenvalue weighted by atomic mass is 10.0. The average Bonchev–Trinajstić information content (AvgIpc) is 2.61. The van der Waals surface area contributed by atoms with Crippen LogP contribution in [0.1, 0.15) is 26.7 Å². The van der Waals surface area contributed by atoms with E-state index in [-0.39, 0.29) is 0 Å². The first-order valence-corrected chi connectivity index (χ1v) is 5.66. The van der Waals surface area contributed by atoms with E-state index in [4.69, 9.17) is 0 Å². The van der Waals surface area contributed by atoms with E-state index in [0.717, 1.165) is 18.0 Å². The van der Waals surface area contributed by atoms with Gasteiger partial charge in [0.15, 0.2) is 0 Å². The molecule has 3 atom stereocenters. The monoisotopic (exact) mass is 182 g/mol. The van der Waals surface area contributed by atoms with E-state index in [9.17, 15) is 0 Å². The van der Waals surface area contributed by atoms with Crippen molar-refractivity contribution in [3.05, 3.63) is 0 Å². The molecule has 2 heteroatoms. The van der Waals surface area contributed by atoms with Gasteiger partial charge in [-0.2, -0.15) is 0 Å². The third-order valence-electron chi connectivity index (χ3n) is 3.93. The summed E-state index contributed by atoms with van der Waals surface area (Å²) in [6, 6.07) is 1.67. The van der Waals surface area contributed by atoms with Crippen LogP contribution in [0.3, 0.4) is 0 Å². The summed E-state index contributed by atoms with van der Waals surface area (Å²) in [5.41, 5.74) is 0. The molecule has 2 aliphatic heterocycles. The minimum atomic E-state index is 0.793. The fourth-order valence-electron chi connectivity index (χ4n) is 2.99. The van der Waals surface area contributed by atoms with E-state index in [1.807, 2.05) is 0 Å². The molecule has 13 heavy (non-hydrogen) atoms. The summed E-state index contributed by atoms with van der Waals surface area (Å²) in [4.78, 5) is 5.22. The molecule has 2 aliphatic rings. The van der Waals surface area contributed by atoms with Gasteiger partial charge in [-0.15, -0.1) is 0 Å². The van der Waals surface area contributed by atoms with Crippen molar-refractivity contribution in [2.24, 2.45) is 5.92 Å². The quantitative estimate of drug-likeness (QED) is 0.637. The van der Waals surface area contributed by atoms with Crippen molar-refractivity contribution < 1.29 is 0 Å². The Morgan fingerprint density at radius 1 is 1.38 bits per heavy atom. The maximum atomic E-state index is 2.73. The topological polar surface area (TPSA) is 6.48 Å². The molecule has 0 aromatic carbocycles. The second-order valence-corrected chi connectivity index (χ2v) is 4.83. The summed E-state index contributed by atoms with van der Waals surface area (Å²) in [5.74, 6) is 0.971. The number of nitrogens with zero attached hydrogens (tertiary/aromatic N) is 2. The first-order valence-electron chi connectivity index (χ1n) is 5.66. The Morgan fingerprint density at radius 3 is 2.85 bits per heavy atom. The first kappa shape index (κ1) is 9.47. The van der Waals surface area contributed by atoms with Crippen LogP contribution in [0.5, 0.6) is 0 Å². The van der Waals surface area contributed by atoms with Crippen LogP contribution in [0.2, 0.25) is 0 Å². The Bertz CT molecular complexity index is 181. The van der Waals surface area contributed by atoms with E-state index in [1.54, 1.807) is 0 Å². The van der Waals surface area contributed by atoms with Crippen molar-refractivity contribution >= 4 is 0 Å². The molecule has 2 heterocycles. The number of hydrogen-bond donors (Lipinski definition) is 0. The second kappa shape index (κ2) is 3.58. The molecule has 0 aromatic heterocycles. The summed E-state index contributed by atoms with van der Waals surface area (Å²) in [7, 11) is 2.26. The highest BCUT2D eigenvalue weighted by atomic mass is 15.3. The molecule has 2 saturated heterocycles. The van der Waals surface area contributed by atoms with E-state index >= 15 is 0 Å². The third kappa shape index (κ3) is 1.62. The molecular formula is C11H22N2. The van der Waals surface area contributed by atoms with Crippen LogP contribution in [0, 0.1) is 5.92 Å². The van der Waals surface area contributed by atoms with Crippen LogP contribution in [0.4, 0.5) is 0 Å². The molecular weight excluding hydrogens is 160 g/mol. The number of likely N-dealkylation sites (tertiary alicyclic amines) is 2. The molecule has 2 fully saturated rings. The lowest BCUT2D eigenvalue weighted by Gasteiger charge is -2.29. The van der Waals surface area contributed by atoms with Crippen LogP contribution >= 0.6 is 0 Å². The van der Waals surface area contributed by atoms with Crippen molar-refractivity contribution in [2.45, 2.75) is 38.8 Å². The SMILES string of the molecule is CCC(C)N1CCC2CN(C)CC21. The van der Waals surface area contributed by atoms with Gasteiger partial charge in [-0.3, -0.25) is 4.90 Å². The normalized spacial score (nSPS) is 38.1. The Hall–Kier alpha value is -0.0800. The van der Waals surface area contributed by atoms with Gasteiger partial charge in [0, 0.05) is 25.2 Å². The van der Waals surface area contributed by atoms with Crippen molar-refractivity contribution in [1.82, 2.24) is 9.80 Å². The molecule has 0 aliphatic carbocycles. The minimum absolute atomic E-state index is 0.793. The van der Waals surface area contributed by atoms with Gasteiger partial charge in [0.1, 0.15) is 0 Å². The van der Waals surface area contributed by atoms with Crippen LogP contribution in [-0.4, -0.2) is 48.6 Å². The fraction of sp³-hybridized carbons (Fsp3) is 1.00. The smallest absolute Gasteiger partial charge is 0.0266 e. The van der Waals surface area contributed by atoms with Gasteiger partial charge in [0.2, 0.25) is 0 Å². The molecule has 0 aromatic rings. The summed E-state index contributed by atoms with van der Waals surface area (Å²) in [6.07, 6.45) is 2.73. The first-order chi connectivity index (χ1) is 6.22. The largest absolute Gasteiger partial charge is 0.304 e. The van der Waals surface area contributed by atoms with Crippen molar-refractivity contribution in [1.29, 1.82) is 0 Å². The molecule has 2 rings (SSSR count). The van der Waals surface area contributed by atoms with Gasteiger partial charge in [-0.05, 0) is 39.3 Å². The van der Waals surface area contributed by atoms with E-state index in [0.29, 0.717) is 0 Å². The molecule has 0 saturated carbocycles. The lowest BCUT2D eigenvalue weighted by molar-refractivity contribution is 0.176. The summed E-state index contributed by atoms with van der Waals surface area (Å²) in [5, 5.41) is 0. The molecule has 0 amide bonds. The van der Waals surface area contributed by atoms with Gasteiger partial charge in [0.05, 0.1) is 0 Å². The van der Waals surface area contributed by atoms with Gasteiger partial charge in [0.25, 0.3) is 0 Å². The van der Waals surface area contributed by atoms with Gasteiger partial charge >= 0.3 is 0 Å². The highest BCUT2D eigenvalue weighted by Gasteiger charge is 2.41. The molecule has 0 bridgehead atoms. The average molecular weight is 182 g/mol. The van der Waals surface area contributed by atoms with Crippen molar-refractivity contribution in [3.8, 4) is 0 Å². The lowest BCUT2D eigenvalue weighted by Crippen LogP contribution is -2.40. The second-order valence-electron chi connectivity index (χ2n) is 4.83. The van der Waals surface area contributed by atoms with Gasteiger partial charge < -0.3 is 4.90 Å². The zero-order valence-corrected chi connectivity index (χ0v) is 9.16. The molecule has 0 radical (unpaired) electrons. The Balaban J connectivity index is 2.00. The number of fused-ring (bicyclic) bond motifs is 1. The predicted molar refractivity (Wildman–Crippen MR) is 55.9 cm³/mol. The van der Waals surface area contributed by atoms with E-state index in [2.05, 4.69) is 30.7 Å². The van der Waals surface area contributed by atoms with E-state index in [1.165, 1.54) is 32.5 Å². The highest BCUT2D eigenvalue weighted by Crippen LogP contribution is 2.32. The Labute approximate surface area is 81.9 Å². The molecule has 0 N–H and O–H groups in total. The van der Waals surface area contributed by atoms with E-state index < -0.39 is 0 Å². The van der Waals surface area contributed by atoms with Crippen molar-refractivity contribution in [2.75, 3.05) is 26.7 Å². The maximum absolute atomic E-state index is 2.73. The van der Waals surface area contributed by atoms with Gasteiger partial charge in [-0.1, -0.05) is 6.92 Å². The van der Waals surface area contributed by atoms with Crippen LogP contribution < -0.4 is 0 Å². The summed E-state index contributed by atoms with van der Waals surface area (Å²) >= 11 is 0. The van der Waals surface area contributed by atoms with Crippen LogP contribution in [-0.2, 0) is 0 Å². The predicted octanol–water partition coefficient (Wildman–Crippen LogP) is 1.42. The highest BCUT2D eigenvalue weighted by molar-refractivity contribution is 4.96. The standard InChI is InChI=1S/C11H22N2/c1-4-9(2)13-6-5-10-7-12(3)8-11(10)13/h9-11H,4-8H2,1-3H3. The minimum Gasteiger partial charge on any atom is -0.304 e. The third-order valence-corrected chi connectivity index (χ3v) is 3.93. The molecule has 76 valence electrons. The fourth-order valence-corrected chi connectivity index (χ4v) is 2.99. The van der Waals surface area contributed by atoms with Crippen molar-refractivity contribution in [3.63, 3.8) is 0 Å². The van der Waals surface area contributed by atoms with Crippen LogP contribution in [0.25, 0.3) is 0 Å². The molecule has 3 unspecified atom stereocenters. The van der Waals surface area contributed by atoms with Gasteiger partial charge in [-0.25, -0.2) is 0 Å². The Kier molecular flexibility index (Phi) is 2.61. The zero-order valence-electron chi connectivity index (χ0n) is 9.16. The zero-order chi connectivity index (χ0) is 9.42. The Morgan fingerprint density at radius 2 is 2.15 bits per heavy atom.